The normalized spacial score (nSPS) is 10.8. The van der Waals surface area contributed by atoms with E-state index in [1.807, 2.05) is 48.5 Å². The maximum atomic E-state index is 9.11. The van der Waals surface area contributed by atoms with Crippen LogP contribution < -0.4 is 5.73 Å². The minimum atomic E-state index is 0.0297. The number of nitrogens with zero attached hydrogens (tertiary/aromatic N) is 2. The molecule has 0 spiro atoms. The SMILES string of the molecule is NCc1ccccc1-c1n[nH]nc1-c1ccc(CO)cc1. The Hall–Kier alpha value is -2.50. The summed E-state index contributed by atoms with van der Waals surface area (Å²) in [5.41, 5.74) is 11.2. The smallest absolute Gasteiger partial charge is 0.121 e. The lowest BCUT2D eigenvalue weighted by atomic mass is 10.00. The van der Waals surface area contributed by atoms with E-state index in [2.05, 4.69) is 15.4 Å². The largest absolute Gasteiger partial charge is 0.392 e. The summed E-state index contributed by atoms with van der Waals surface area (Å²) in [6.45, 7) is 0.480. The molecule has 0 saturated carbocycles. The topological polar surface area (TPSA) is 87.8 Å². The van der Waals surface area contributed by atoms with Gasteiger partial charge in [-0.2, -0.15) is 15.4 Å². The summed E-state index contributed by atoms with van der Waals surface area (Å²) in [6.07, 6.45) is 0. The number of aliphatic hydroxyl groups excluding tert-OH is 1. The number of H-pyrrole nitrogens is 1. The van der Waals surface area contributed by atoms with Gasteiger partial charge in [-0.1, -0.05) is 48.5 Å². The van der Waals surface area contributed by atoms with Crippen LogP contribution in [0.2, 0.25) is 0 Å². The molecule has 1 heterocycles. The third-order valence-electron chi connectivity index (χ3n) is 3.45. The highest BCUT2D eigenvalue weighted by Gasteiger charge is 2.14. The second kappa shape index (κ2) is 5.87. The van der Waals surface area contributed by atoms with E-state index in [-0.39, 0.29) is 6.61 Å². The van der Waals surface area contributed by atoms with Crippen molar-refractivity contribution in [1.29, 1.82) is 0 Å². The van der Waals surface area contributed by atoms with Crippen LogP contribution in [-0.2, 0) is 13.2 Å². The second-order valence-electron chi connectivity index (χ2n) is 4.74. The molecule has 0 saturated heterocycles. The summed E-state index contributed by atoms with van der Waals surface area (Å²) >= 11 is 0. The van der Waals surface area contributed by atoms with Gasteiger partial charge in [0, 0.05) is 17.7 Å². The van der Waals surface area contributed by atoms with Crippen molar-refractivity contribution in [3.63, 3.8) is 0 Å². The molecule has 0 atom stereocenters. The number of aromatic amines is 1. The van der Waals surface area contributed by atoms with Crippen LogP contribution in [0.5, 0.6) is 0 Å². The maximum absolute atomic E-state index is 9.11. The maximum Gasteiger partial charge on any atom is 0.121 e. The van der Waals surface area contributed by atoms with Crippen molar-refractivity contribution in [2.75, 3.05) is 0 Å². The summed E-state index contributed by atoms with van der Waals surface area (Å²) in [4.78, 5) is 0. The monoisotopic (exact) mass is 280 g/mol. The Kier molecular flexibility index (Phi) is 3.77. The lowest BCUT2D eigenvalue weighted by Gasteiger charge is -2.07. The molecule has 2 aromatic carbocycles. The Labute approximate surface area is 122 Å². The van der Waals surface area contributed by atoms with Gasteiger partial charge in [0.2, 0.25) is 0 Å². The predicted octanol–water partition coefficient (Wildman–Crippen LogP) is 2.09. The van der Waals surface area contributed by atoms with Crippen LogP contribution >= 0.6 is 0 Å². The molecule has 0 aliphatic heterocycles. The lowest BCUT2D eigenvalue weighted by Crippen LogP contribution is -1.99. The Bertz CT molecular complexity index is 734. The van der Waals surface area contributed by atoms with Gasteiger partial charge in [-0.15, -0.1) is 0 Å². The first-order chi connectivity index (χ1) is 10.3. The molecule has 3 rings (SSSR count). The molecule has 0 unspecified atom stereocenters. The number of nitrogens with one attached hydrogen (secondary N) is 1. The van der Waals surface area contributed by atoms with Crippen LogP contribution in [0.25, 0.3) is 22.5 Å². The van der Waals surface area contributed by atoms with E-state index in [9.17, 15) is 0 Å². The third kappa shape index (κ3) is 2.56. The van der Waals surface area contributed by atoms with Gasteiger partial charge in [0.25, 0.3) is 0 Å². The fraction of sp³-hybridized carbons (Fsp3) is 0.125. The van der Waals surface area contributed by atoms with E-state index >= 15 is 0 Å². The number of aliphatic hydroxyl groups is 1. The van der Waals surface area contributed by atoms with Gasteiger partial charge in [0.15, 0.2) is 0 Å². The van der Waals surface area contributed by atoms with Gasteiger partial charge in [-0.3, -0.25) is 0 Å². The van der Waals surface area contributed by atoms with E-state index in [1.54, 1.807) is 0 Å². The van der Waals surface area contributed by atoms with E-state index in [0.717, 1.165) is 33.6 Å². The molecular formula is C16H16N4O. The first-order valence-corrected chi connectivity index (χ1v) is 6.72. The zero-order chi connectivity index (χ0) is 14.7. The van der Waals surface area contributed by atoms with Gasteiger partial charge in [0.05, 0.1) is 6.61 Å². The first-order valence-electron chi connectivity index (χ1n) is 6.72. The summed E-state index contributed by atoms with van der Waals surface area (Å²) in [5, 5.41) is 20.3. The molecule has 0 radical (unpaired) electrons. The molecule has 21 heavy (non-hydrogen) atoms. The highest BCUT2D eigenvalue weighted by atomic mass is 16.3. The van der Waals surface area contributed by atoms with Crippen molar-refractivity contribution in [2.24, 2.45) is 5.73 Å². The Balaban J connectivity index is 2.08. The number of hydrogen-bond acceptors (Lipinski definition) is 4. The summed E-state index contributed by atoms with van der Waals surface area (Å²) in [6, 6.07) is 15.5. The second-order valence-corrected chi connectivity index (χ2v) is 4.74. The van der Waals surface area contributed by atoms with E-state index in [1.165, 1.54) is 0 Å². The quantitative estimate of drug-likeness (QED) is 0.683. The van der Waals surface area contributed by atoms with Crippen LogP contribution in [0.4, 0.5) is 0 Å². The zero-order valence-electron chi connectivity index (χ0n) is 11.5. The van der Waals surface area contributed by atoms with E-state index < -0.39 is 0 Å². The van der Waals surface area contributed by atoms with E-state index in [4.69, 9.17) is 10.8 Å². The highest BCUT2D eigenvalue weighted by Crippen LogP contribution is 2.30. The van der Waals surface area contributed by atoms with Crippen molar-refractivity contribution in [3.05, 3.63) is 59.7 Å². The van der Waals surface area contributed by atoms with Crippen LogP contribution in [0.3, 0.4) is 0 Å². The average Bonchev–Trinajstić information content (AvgIpc) is 3.04. The van der Waals surface area contributed by atoms with Crippen molar-refractivity contribution in [1.82, 2.24) is 15.4 Å². The molecule has 4 N–H and O–H groups in total. The van der Waals surface area contributed by atoms with Crippen molar-refractivity contribution >= 4 is 0 Å². The molecule has 0 fully saturated rings. The minimum absolute atomic E-state index is 0.0297. The molecule has 3 aromatic rings. The molecule has 0 amide bonds. The van der Waals surface area contributed by atoms with Gasteiger partial charge >= 0.3 is 0 Å². The predicted molar refractivity (Wildman–Crippen MR) is 81.1 cm³/mol. The van der Waals surface area contributed by atoms with Crippen molar-refractivity contribution in [3.8, 4) is 22.5 Å². The molecule has 0 aliphatic rings. The molecular weight excluding hydrogens is 264 g/mol. The minimum Gasteiger partial charge on any atom is -0.392 e. The van der Waals surface area contributed by atoms with Crippen LogP contribution in [0.15, 0.2) is 48.5 Å². The fourth-order valence-electron chi connectivity index (χ4n) is 2.32. The zero-order valence-corrected chi connectivity index (χ0v) is 11.5. The lowest BCUT2D eigenvalue weighted by molar-refractivity contribution is 0.282. The number of rotatable bonds is 4. The van der Waals surface area contributed by atoms with Gasteiger partial charge in [-0.05, 0) is 11.1 Å². The molecule has 1 aromatic heterocycles. The number of benzene rings is 2. The first kappa shape index (κ1) is 13.5. The Morgan fingerprint density at radius 2 is 1.67 bits per heavy atom. The molecule has 5 nitrogen and oxygen atoms in total. The summed E-state index contributed by atoms with van der Waals surface area (Å²) < 4.78 is 0. The third-order valence-corrected chi connectivity index (χ3v) is 3.45. The molecule has 106 valence electrons. The molecule has 0 bridgehead atoms. The summed E-state index contributed by atoms with van der Waals surface area (Å²) in [7, 11) is 0. The standard InChI is InChI=1S/C16H16N4O/c17-9-13-3-1-2-4-14(13)16-15(18-20-19-16)12-7-5-11(10-21)6-8-12/h1-8,21H,9-10,17H2,(H,18,19,20). The fourth-order valence-corrected chi connectivity index (χ4v) is 2.32. The average molecular weight is 280 g/mol. The molecule has 5 heteroatoms. The Morgan fingerprint density at radius 1 is 0.952 bits per heavy atom. The highest BCUT2D eigenvalue weighted by molar-refractivity contribution is 5.79. The van der Waals surface area contributed by atoms with Crippen LogP contribution in [0, 0.1) is 0 Å². The summed E-state index contributed by atoms with van der Waals surface area (Å²) in [5.74, 6) is 0. The van der Waals surface area contributed by atoms with E-state index in [0.29, 0.717) is 6.54 Å². The van der Waals surface area contributed by atoms with Crippen LogP contribution in [-0.4, -0.2) is 20.5 Å². The Morgan fingerprint density at radius 3 is 2.38 bits per heavy atom. The van der Waals surface area contributed by atoms with Crippen LogP contribution in [0.1, 0.15) is 11.1 Å². The number of nitrogens with two attached hydrogens (primary N) is 1. The van der Waals surface area contributed by atoms with Gasteiger partial charge in [0.1, 0.15) is 11.4 Å². The number of hydrogen-bond donors (Lipinski definition) is 3. The molecule has 0 aliphatic carbocycles. The van der Waals surface area contributed by atoms with Crippen molar-refractivity contribution in [2.45, 2.75) is 13.2 Å². The van der Waals surface area contributed by atoms with Crippen molar-refractivity contribution < 1.29 is 5.11 Å². The van der Waals surface area contributed by atoms with Gasteiger partial charge in [-0.25, -0.2) is 0 Å². The van der Waals surface area contributed by atoms with Gasteiger partial charge < -0.3 is 10.8 Å². The number of aromatic nitrogens is 3.